The van der Waals surface area contributed by atoms with E-state index in [1.54, 1.807) is 24.3 Å². The molecule has 0 spiro atoms. The number of aliphatic hydroxyl groups excluding tert-OH is 1. The highest BCUT2D eigenvalue weighted by Crippen LogP contribution is 2.14. The molecule has 0 aliphatic heterocycles. The van der Waals surface area contributed by atoms with Crippen LogP contribution in [0.1, 0.15) is 13.3 Å². The van der Waals surface area contributed by atoms with E-state index in [0.717, 1.165) is 5.69 Å². The standard InChI is InChI=1S/C11H18N2O3S/c1-9(7-8-14)13-10-3-5-11(6-4-10)17(15,16)12-2/h3-6,9,12-14H,7-8H2,1-2H3. The van der Waals surface area contributed by atoms with Crippen LogP contribution in [0.3, 0.4) is 0 Å². The number of anilines is 1. The molecule has 0 bridgehead atoms. The van der Waals surface area contributed by atoms with Crippen LogP contribution in [-0.2, 0) is 10.0 Å². The molecule has 1 atom stereocenters. The quantitative estimate of drug-likeness (QED) is 0.704. The molecule has 1 unspecified atom stereocenters. The van der Waals surface area contributed by atoms with Crippen molar-refractivity contribution in [2.45, 2.75) is 24.3 Å². The summed E-state index contributed by atoms with van der Waals surface area (Å²) < 4.78 is 25.2. The molecule has 0 saturated heterocycles. The minimum Gasteiger partial charge on any atom is -0.396 e. The van der Waals surface area contributed by atoms with Crippen molar-refractivity contribution in [2.24, 2.45) is 0 Å². The molecule has 3 N–H and O–H groups in total. The third-order valence-electron chi connectivity index (χ3n) is 2.41. The Hall–Kier alpha value is -1.11. The zero-order valence-corrected chi connectivity index (χ0v) is 10.8. The Morgan fingerprint density at radius 3 is 2.35 bits per heavy atom. The van der Waals surface area contributed by atoms with Crippen molar-refractivity contribution in [1.29, 1.82) is 0 Å². The summed E-state index contributed by atoms with van der Waals surface area (Å²) in [5, 5.41) is 11.9. The largest absolute Gasteiger partial charge is 0.396 e. The molecule has 17 heavy (non-hydrogen) atoms. The number of nitrogens with one attached hydrogen (secondary N) is 2. The van der Waals surface area contributed by atoms with Gasteiger partial charge in [-0.15, -0.1) is 0 Å². The van der Waals surface area contributed by atoms with E-state index in [-0.39, 0.29) is 17.5 Å². The Bertz CT molecular complexity index is 442. The maximum Gasteiger partial charge on any atom is 0.240 e. The van der Waals surface area contributed by atoms with Crippen LogP contribution in [0.2, 0.25) is 0 Å². The van der Waals surface area contributed by atoms with Gasteiger partial charge in [-0.05, 0) is 44.7 Å². The molecule has 0 amide bonds. The van der Waals surface area contributed by atoms with Gasteiger partial charge in [-0.2, -0.15) is 0 Å². The van der Waals surface area contributed by atoms with Crippen molar-refractivity contribution in [3.63, 3.8) is 0 Å². The summed E-state index contributed by atoms with van der Waals surface area (Å²) in [5.74, 6) is 0. The summed E-state index contributed by atoms with van der Waals surface area (Å²) in [6.45, 7) is 2.08. The third-order valence-corrected chi connectivity index (χ3v) is 3.84. The number of sulfonamides is 1. The summed E-state index contributed by atoms with van der Waals surface area (Å²) in [6.07, 6.45) is 0.649. The summed E-state index contributed by atoms with van der Waals surface area (Å²) in [5.41, 5.74) is 0.834. The number of benzene rings is 1. The highest BCUT2D eigenvalue weighted by molar-refractivity contribution is 7.89. The maximum atomic E-state index is 11.5. The van der Waals surface area contributed by atoms with Crippen molar-refractivity contribution in [3.05, 3.63) is 24.3 Å². The van der Waals surface area contributed by atoms with Crippen molar-refractivity contribution >= 4 is 15.7 Å². The van der Waals surface area contributed by atoms with Gasteiger partial charge in [-0.25, -0.2) is 13.1 Å². The number of aliphatic hydroxyl groups is 1. The first kappa shape index (κ1) is 14.0. The van der Waals surface area contributed by atoms with Gasteiger partial charge < -0.3 is 10.4 Å². The average molecular weight is 258 g/mol. The molecule has 1 rings (SSSR count). The SMILES string of the molecule is CNS(=O)(=O)c1ccc(NC(C)CCO)cc1. The van der Waals surface area contributed by atoms with Crippen LogP contribution >= 0.6 is 0 Å². The lowest BCUT2D eigenvalue weighted by molar-refractivity contribution is 0.282. The van der Waals surface area contributed by atoms with E-state index in [9.17, 15) is 8.42 Å². The van der Waals surface area contributed by atoms with Crippen LogP contribution in [0.15, 0.2) is 29.2 Å². The Morgan fingerprint density at radius 2 is 1.88 bits per heavy atom. The fraction of sp³-hybridized carbons (Fsp3) is 0.455. The lowest BCUT2D eigenvalue weighted by Gasteiger charge is -2.14. The average Bonchev–Trinajstić information content (AvgIpc) is 2.30. The van der Waals surface area contributed by atoms with E-state index in [0.29, 0.717) is 6.42 Å². The fourth-order valence-corrected chi connectivity index (χ4v) is 2.13. The van der Waals surface area contributed by atoms with Crippen molar-refractivity contribution in [3.8, 4) is 0 Å². The highest BCUT2D eigenvalue weighted by atomic mass is 32.2. The van der Waals surface area contributed by atoms with Crippen LogP contribution in [0, 0.1) is 0 Å². The zero-order chi connectivity index (χ0) is 12.9. The van der Waals surface area contributed by atoms with E-state index in [4.69, 9.17) is 5.11 Å². The highest BCUT2D eigenvalue weighted by Gasteiger charge is 2.10. The summed E-state index contributed by atoms with van der Waals surface area (Å²) in [7, 11) is -1.99. The molecule has 6 heteroatoms. The minimum absolute atomic E-state index is 0.125. The first-order valence-corrected chi connectivity index (χ1v) is 6.89. The second kappa shape index (κ2) is 6.00. The lowest BCUT2D eigenvalue weighted by atomic mass is 10.2. The van der Waals surface area contributed by atoms with Crippen LogP contribution in [-0.4, -0.2) is 33.2 Å². The van der Waals surface area contributed by atoms with Gasteiger partial charge in [0, 0.05) is 18.3 Å². The van der Waals surface area contributed by atoms with Gasteiger partial charge in [0.05, 0.1) is 4.90 Å². The van der Waals surface area contributed by atoms with Gasteiger partial charge in [-0.3, -0.25) is 0 Å². The molecule has 1 aromatic carbocycles. The normalized spacial score (nSPS) is 13.4. The molecule has 0 radical (unpaired) electrons. The Morgan fingerprint density at radius 1 is 1.29 bits per heavy atom. The number of rotatable bonds is 6. The van der Waals surface area contributed by atoms with Crippen molar-refractivity contribution < 1.29 is 13.5 Å². The monoisotopic (exact) mass is 258 g/mol. The molecule has 1 aromatic rings. The van der Waals surface area contributed by atoms with Crippen molar-refractivity contribution in [1.82, 2.24) is 4.72 Å². The summed E-state index contributed by atoms with van der Waals surface area (Å²) >= 11 is 0. The molecule has 0 heterocycles. The molecule has 0 aliphatic carbocycles. The van der Waals surface area contributed by atoms with Crippen LogP contribution < -0.4 is 10.0 Å². The van der Waals surface area contributed by atoms with E-state index in [1.807, 2.05) is 6.92 Å². The Kier molecular flexibility index (Phi) is 4.92. The fourth-order valence-electron chi connectivity index (χ4n) is 1.40. The van der Waals surface area contributed by atoms with Crippen LogP contribution in [0.4, 0.5) is 5.69 Å². The van der Waals surface area contributed by atoms with Crippen molar-refractivity contribution in [2.75, 3.05) is 19.0 Å². The first-order valence-electron chi connectivity index (χ1n) is 5.40. The molecule has 0 aromatic heterocycles. The smallest absolute Gasteiger partial charge is 0.240 e. The lowest BCUT2D eigenvalue weighted by Crippen LogP contribution is -2.19. The van der Waals surface area contributed by atoms with Gasteiger partial charge in [0.25, 0.3) is 0 Å². The topological polar surface area (TPSA) is 78.4 Å². The maximum absolute atomic E-state index is 11.5. The summed E-state index contributed by atoms with van der Waals surface area (Å²) in [4.78, 5) is 0.236. The van der Waals surface area contributed by atoms with E-state index in [1.165, 1.54) is 7.05 Å². The molecular weight excluding hydrogens is 240 g/mol. The molecule has 0 fully saturated rings. The molecular formula is C11H18N2O3S. The Balaban J connectivity index is 2.75. The van der Waals surface area contributed by atoms with Gasteiger partial charge in [0.15, 0.2) is 0 Å². The first-order chi connectivity index (χ1) is 7.99. The number of hydrogen-bond acceptors (Lipinski definition) is 4. The van der Waals surface area contributed by atoms with Gasteiger partial charge in [-0.1, -0.05) is 0 Å². The molecule has 5 nitrogen and oxygen atoms in total. The Labute approximate surface area is 102 Å². The van der Waals surface area contributed by atoms with Gasteiger partial charge in [0.2, 0.25) is 10.0 Å². The molecule has 0 saturated carbocycles. The molecule has 96 valence electrons. The van der Waals surface area contributed by atoms with Gasteiger partial charge >= 0.3 is 0 Å². The van der Waals surface area contributed by atoms with E-state index in [2.05, 4.69) is 10.0 Å². The van der Waals surface area contributed by atoms with E-state index >= 15 is 0 Å². The second-order valence-electron chi connectivity index (χ2n) is 3.79. The van der Waals surface area contributed by atoms with Crippen LogP contribution in [0.25, 0.3) is 0 Å². The predicted molar refractivity (Wildman–Crippen MR) is 67.5 cm³/mol. The van der Waals surface area contributed by atoms with E-state index < -0.39 is 10.0 Å². The van der Waals surface area contributed by atoms with Gasteiger partial charge in [0.1, 0.15) is 0 Å². The second-order valence-corrected chi connectivity index (χ2v) is 5.68. The summed E-state index contributed by atoms with van der Waals surface area (Å²) in [6, 6.07) is 6.64. The third kappa shape index (κ3) is 3.99. The number of hydrogen-bond donors (Lipinski definition) is 3. The predicted octanol–water partition coefficient (Wildman–Crippen LogP) is 0.777. The zero-order valence-electron chi connectivity index (χ0n) is 9.97. The molecule has 0 aliphatic rings. The van der Waals surface area contributed by atoms with Crippen LogP contribution in [0.5, 0.6) is 0 Å². The minimum atomic E-state index is -3.37.